The van der Waals surface area contributed by atoms with Crippen LogP contribution in [0.15, 0.2) is 72.8 Å². The average Bonchev–Trinajstić information content (AvgIpc) is 2.81. The maximum absolute atomic E-state index is 11.8. The number of carbonyl (C=O) groups excluding carboxylic acids is 3. The molecule has 0 spiro atoms. The van der Waals surface area contributed by atoms with Crippen LogP contribution in [0.25, 0.3) is 0 Å². The molecule has 40 heavy (non-hydrogen) atoms. The zero-order chi connectivity index (χ0) is 26.8. The molecule has 0 saturated heterocycles. The van der Waals surface area contributed by atoms with Gasteiger partial charge >= 0.3 is 115 Å². The van der Waals surface area contributed by atoms with Gasteiger partial charge in [-0.25, -0.2) is 4.79 Å². The van der Waals surface area contributed by atoms with Gasteiger partial charge in [0, 0.05) is 16.1 Å². The normalized spacial score (nSPS) is 9.43. The fourth-order valence-electron chi connectivity index (χ4n) is 2.11. The Kier molecular flexibility index (Phi) is 40.5. The summed E-state index contributed by atoms with van der Waals surface area (Å²) >= 11 is 5.16. The number of esters is 1. The Hall–Kier alpha value is -0.757. The summed E-state index contributed by atoms with van der Waals surface area (Å²) in [6.07, 6.45) is 0.281. The molecule has 0 heterocycles. The number of ketones is 1. The summed E-state index contributed by atoms with van der Waals surface area (Å²) in [7, 11) is 0. The Balaban J connectivity index is -0.000000109. The first-order valence-electron chi connectivity index (χ1n) is 9.84. The van der Waals surface area contributed by atoms with Gasteiger partial charge < -0.3 is 27.0 Å². The summed E-state index contributed by atoms with van der Waals surface area (Å²) in [4.78, 5) is 51.9. The van der Waals surface area contributed by atoms with Gasteiger partial charge in [0.2, 0.25) is 5.78 Å². The van der Waals surface area contributed by atoms with E-state index in [1.54, 1.807) is 49.4 Å². The molecule has 2 aromatic carbocycles. The molecular formula is C24H30Cl2K2N2O10. The van der Waals surface area contributed by atoms with E-state index >= 15 is 0 Å². The summed E-state index contributed by atoms with van der Waals surface area (Å²) in [5.41, 5.74) is 0.654. The molecule has 0 bridgehead atoms. The van der Waals surface area contributed by atoms with E-state index < -0.39 is 38.8 Å². The Bertz CT molecular complexity index is 1030. The molecule has 0 fully saturated rings. The maximum Gasteiger partial charge on any atom is 1.00 e. The molecule has 0 amide bonds. The topological polar surface area (TPSA) is 179 Å². The molecule has 0 aromatic heterocycles. The van der Waals surface area contributed by atoms with Crippen molar-refractivity contribution in [2.24, 2.45) is 0 Å². The maximum atomic E-state index is 11.8. The second-order valence-electron chi connectivity index (χ2n) is 5.98. The smallest absolute Gasteiger partial charge is 1.00 e. The van der Waals surface area contributed by atoms with E-state index in [4.69, 9.17) is 11.6 Å². The fraction of sp³-hybridized carbons (Fsp3) is 0.292. The molecule has 2 aromatic rings. The second-order valence-corrected chi connectivity index (χ2v) is 6.32. The van der Waals surface area contributed by atoms with Crippen LogP contribution in [0.5, 0.6) is 0 Å². The first-order valence-corrected chi connectivity index (χ1v) is 10.2. The molecule has 12 nitrogen and oxygen atoms in total. The minimum atomic E-state index is -1.99. The van der Waals surface area contributed by atoms with Crippen LogP contribution >= 0.6 is 11.6 Å². The van der Waals surface area contributed by atoms with Crippen LogP contribution in [0.4, 0.5) is 0 Å². The van der Waals surface area contributed by atoms with Gasteiger partial charge in [-0.05, 0) is 25.1 Å². The van der Waals surface area contributed by atoms with Crippen molar-refractivity contribution in [2.45, 2.75) is 34.7 Å². The van der Waals surface area contributed by atoms with Gasteiger partial charge in [-0.3, -0.25) is 29.8 Å². The third-order valence-electron chi connectivity index (χ3n) is 3.53. The van der Waals surface area contributed by atoms with Crippen molar-refractivity contribution in [3.8, 4) is 0 Å². The molecule has 1 atom stereocenters. The van der Waals surface area contributed by atoms with Crippen molar-refractivity contribution in [1.29, 1.82) is 0 Å². The van der Waals surface area contributed by atoms with Gasteiger partial charge in [0.25, 0.3) is 11.4 Å². The predicted molar refractivity (Wildman–Crippen MR) is 135 cm³/mol. The average molecular weight is 656 g/mol. The zero-order valence-electron chi connectivity index (χ0n) is 21.1. The SMILES string of the molecule is C.C.CCOC(=O)C(C(=O)c1ccccc1)[N+](=O)[O-].CCOC([O-])=C[N+](=O)[O-].O=C(Cl)c1ccccc1.[Cl-].[K+].[K+]. The largest absolute Gasteiger partial charge is 1.00 e. The third kappa shape index (κ3) is 23.9. The van der Waals surface area contributed by atoms with Crippen LogP contribution < -0.4 is 120 Å². The van der Waals surface area contributed by atoms with Crippen LogP contribution in [0.1, 0.15) is 49.4 Å². The minimum Gasteiger partial charge on any atom is -1.00 e. The van der Waals surface area contributed by atoms with E-state index in [9.17, 15) is 39.7 Å². The molecule has 0 aliphatic rings. The second kappa shape index (κ2) is 31.2. The molecule has 0 saturated carbocycles. The van der Waals surface area contributed by atoms with Crippen molar-refractivity contribution in [3.63, 3.8) is 0 Å². The van der Waals surface area contributed by atoms with E-state index in [1.165, 1.54) is 19.1 Å². The zero-order valence-corrected chi connectivity index (χ0v) is 28.8. The Morgan fingerprint density at radius 1 is 0.850 bits per heavy atom. The number of ether oxygens (including phenoxy) is 2. The van der Waals surface area contributed by atoms with Crippen LogP contribution in [0.2, 0.25) is 0 Å². The van der Waals surface area contributed by atoms with Gasteiger partial charge in [-0.1, -0.05) is 82.4 Å². The molecule has 0 aliphatic carbocycles. The van der Waals surface area contributed by atoms with Crippen molar-refractivity contribution >= 4 is 28.6 Å². The van der Waals surface area contributed by atoms with E-state index in [-0.39, 0.29) is 155 Å². The predicted octanol–water partition coefficient (Wildman–Crippen LogP) is -5.11. The monoisotopic (exact) mass is 654 g/mol. The quantitative estimate of drug-likeness (QED) is 0.0371. The number of nitro groups is 2. The van der Waals surface area contributed by atoms with Gasteiger partial charge in [0.15, 0.2) is 0 Å². The van der Waals surface area contributed by atoms with Crippen LogP contribution in [-0.2, 0) is 14.3 Å². The van der Waals surface area contributed by atoms with E-state index in [2.05, 4.69) is 9.47 Å². The minimum absolute atomic E-state index is 0. The molecule has 1 unspecified atom stereocenters. The standard InChI is InChI=1S/C11H11NO5.C7H5ClO.C4H7NO4.2CH4.ClH.2K/c1-2-17-11(14)9(12(15)16)10(13)8-6-4-3-5-7-8;8-7(9)6-4-2-1-3-5-6;1-2-9-4(6)3-5(7)8;;;;;/h3-7,9H,2H2,1H3;1-5H;3,6H,2H2,1H3;2*1H4;1H;;/q;;;;;;2*+1/p-2. The summed E-state index contributed by atoms with van der Waals surface area (Å²) in [6, 6.07) is 14.4. The molecule has 212 valence electrons. The molecule has 16 heteroatoms. The number of rotatable bonds is 9. The fourth-order valence-corrected chi connectivity index (χ4v) is 2.23. The number of hydrogen-bond acceptors (Lipinski definition) is 10. The van der Waals surface area contributed by atoms with Crippen LogP contribution in [0, 0.1) is 20.2 Å². The number of halogens is 2. The van der Waals surface area contributed by atoms with E-state index in [0.717, 1.165) is 0 Å². The van der Waals surface area contributed by atoms with Gasteiger partial charge in [-0.15, -0.1) is 0 Å². The Morgan fingerprint density at radius 3 is 1.55 bits per heavy atom. The molecule has 0 radical (unpaired) electrons. The van der Waals surface area contributed by atoms with Crippen LogP contribution in [-0.4, -0.2) is 46.1 Å². The van der Waals surface area contributed by atoms with E-state index in [1.807, 2.05) is 6.07 Å². The first-order chi connectivity index (χ1) is 16.5. The summed E-state index contributed by atoms with van der Waals surface area (Å²) < 4.78 is 8.72. The molecular weight excluding hydrogens is 625 g/mol. The summed E-state index contributed by atoms with van der Waals surface area (Å²) in [5, 5.41) is 30.0. The molecule has 0 N–H and O–H groups in total. The first kappa shape index (κ1) is 51.9. The molecule has 2 rings (SSSR count). The molecule has 0 aliphatic heterocycles. The number of benzene rings is 2. The Labute approximate surface area is 329 Å². The number of Topliss-reactive ketones (excluding diaryl/α,β-unsaturated/α-hetero) is 1. The van der Waals surface area contributed by atoms with Gasteiger partial charge in [-0.2, -0.15) is 0 Å². The van der Waals surface area contributed by atoms with Crippen molar-refractivity contribution in [2.75, 3.05) is 13.2 Å². The Morgan fingerprint density at radius 2 is 1.25 bits per heavy atom. The third-order valence-corrected chi connectivity index (χ3v) is 3.74. The van der Waals surface area contributed by atoms with Gasteiger partial charge in [0.05, 0.1) is 11.5 Å². The van der Waals surface area contributed by atoms with E-state index in [0.29, 0.717) is 5.56 Å². The van der Waals surface area contributed by atoms with Crippen molar-refractivity contribution in [3.05, 3.63) is 104 Å². The number of nitrogens with zero attached hydrogens (tertiary/aromatic N) is 2. The number of hydrogen-bond donors (Lipinski definition) is 0. The van der Waals surface area contributed by atoms with Crippen molar-refractivity contribution < 1.29 is 154 Å². The number of carbonyl (C=O) groups is 3. The summed E-state index contributed by atoms with van der Waals surface area (Å²) in [6.45, 7) is 3.24. The summed E-state index contributed by atoms with van der Waals surface area (Å²) in [5.74, 6) is -2.91. The van der Waals surface area contributed by atoms with Crippen molar-refractivity contribution in [1.82, 2.24) is 0 Å². The van der Waals surface area contributed by atoms with Gasteiger partial charge in [0.1, 0.15) is 5.95 Å². The van der Waals surface area contributed by atoms with Crippen LogP contribution in [0.3, 0.4) is 0 Å².